The topological polar surface area (TPSA) is 46.6 Å². The van der Waals surface area contributed by atoms with Crippen molar-refractivity contribution in [3.05, 3.63) is 96.2 Å². The van der Waals surface area contributed by atoms with E-state index in [1.54, 1.807) is 42.4 Å². The molecule has 0 N–H and O–H groups in total. The Labute approximate surface area is 194 Å². The van der Waals surface area contributed by atoms with Crippen molar-refractivity contribution in [3.63, 3.8) is 0 Å². The average molecular weight is 474 g/mol. The molecule has 0 saturated carbocycles. The number of hydrogen-bond acceptors (Lipinski definition) is 3. The minimum absolute atomic E-state index is 0.177. The summed E-state index contributed by atoms with van der Waals surface area (Å²) in [7, 11) is 1.60. The van der Waals surface area contributed by atoms with Crippen LogP contribution in [-0.2, 0) is 15.0 Å². The minimum atomic E-state index is -0.284. The van der Waals surface area contributed by atoms with Crippen molar-refractivity contribution < 1.29 is 33.7 Å². The van der Waals surface area contributed by atoms with Crippen LogP contribution in [0.25, 0.3) is 11.1 Å². The summed E-state index contributed by atoms with van der Waals surface area (Å²) >= 11 is 4.66. The third-order valence-electron chi connectivity index (χ3n) is 4.92. The van der Waals surface area contributed by atoms with Crippen LogP contribution in [-0.4, -0.2) is 35.4 Å². The number of rotatable bonds is 6. The van der Waals surface area contributed by atoms with E-state index in [0.717, 1.165) is 29.7 Å². The minimum Gasteiger partial charge on any atom is -0.343 e. The molecule has 0 aromatic heterocycles. The van der Waals surface area contributed by atoms with Crippen molar-refractivity contribution in [1.82, 2.24) is 4.90 Å². The van der Waals surface area contributed by atoms with Gasteiger partial charge in [0.25, 0.3) is 11.8 Å². The summed E-state index contributed by atoms with van der Waals surface area (Å²) in [6.45, 7) is 4.16. The monoisotopic (exact) mass is 473 g/mol. The van der Waals surface area contributed by atoms with E-state index in [2.05, 4.69) is 28.0 Å². The smallest absolute Gasteiger partial charge is 0.261 e. The molecular weight excluding hydrogens is 452 g/mol. The van der Waals surface area contributed by atoms with Gasteiger partial charge in [-0.3, -0.25) is 14.5 Å². The van der Waals surface area contributed by atoms with Gasteiger partial charge in [-0.25, -0.2) is 0 Å². The number of benzene rings is 3. The Morgan fingerprint density at radius 1 is 1.06 bits per heavy atom. The molecule has 1 heterocycles. The van der Waals surface area contributed by atoms with Gasteiger partial charge in [-0.2, -0.15) is 6.42 Å². The molecule has 6 heteroatoms. The Kier molecular flexibility index (Phi) is 8.07. The largest absolute Gasteiger partial charge is 0.343 e. The molecule has 0 radical (unpaired) electrons. The van der Waals surface area contributed by atoms with Crippen LogP contribution in [0.5, 0.6) is 5.75 Å². The Balaban J connectivity index is 0.000000182. The summed E-state index contributed by atoms with van der Waals surface area (Å²) in [6.07, 6.45) is 1.48. The van der Waals surface area contributed by atoms with Gasteiger partial charge in [0.1, 0.15) is 0 Å². The maximum absolute atomic E-state index is 13.2. The molecule has 1 aliphatic heterocycles. The Morgan fingerprint density at radius 3 is 2.31 bits per heavy atom. The molecule has 3 aromatic rings. The number of hydrogen-bond donors (Lipinski definition) is 0. The zero-order chi connectivity index (χ0) is 23.1. The normalized spacial score (nSPS) is 12.2. The summed E-state index contributed by atoms with van der Waals surface area (Å²) < 4.78 is 18.3. The van der Waals surface area contributed by atoms with Crippen molar-refractivity contribution in [2.24, 2.45) is 0 Å². The third kappa shape index (κ3) is 5.20. The predicted molar refractivity (Wildman–Crippen MR) is 119 cm³/mol. The standard InChI is InChI=1S/C14H10FO.C12H12NO2.Ni/c1-10-8-13(16-2)6-7-14(10)11-4-3-5-12(15)9-11;1-2-3-8-13-11(14)9-6-4-5-7-10(9)12(13)15;/h1,3,5-9H,2H3;4-7H,1-3,8H2;/q2*-1;. The van der Waals surface area contributed by atoms with Crippen LogP contribution < -0.4 is 4.74 Å². The number of halogens is 1. The molecule has 168 valence electrons. The number of unbranched alkanes of at least 4 members (excludes halogenated alkanes) is 1. The van der Waals surface area contributed by atoms with Crippen LogP contribution in [0.4, 0.5) is 4.39 Å². The van der Waals surface area contributed by atoms with Crippen LogP contribution in [0.1, 0.15) is 39.1 Å². The van der Waals surface area contributed by atoms with E-state index in [1.165, 1.54) is 17.0 Å². The number of ether oxygens (including phenoxy) is 1. The maximum atomic E-state index is 13.2. The molecule has 32 heavy (non-hydrogen) atoms. The summed E-state index contributed by atoms with van der Waals surface area (Å²) in [5.74, 6) is 0.0927. The fraction of sp³-hybridized carbons (Fsp3) is 0.154. The Morgan fingerprint density at radius 2 is 1.75 bits per heavy atom. The number of imide groups is 1. The van der Waals surface area contributed by atoms with Gasteiger partial charge in [-0.15, -0.1) is 0 Å². The van der Waals surface area contributed by atoms with E-state index >= 15 is 0 Å². The van der Waals surface area contributed by atoms with Gasteiger partial charge in [-0.05, 0) is 12.1 Å². The van der Waals surface area contributed by atoms with E-state index in [-0.39, 0.29) is 17.6 Å². The zero-order valence-electron chi connectivity index (χ0n) is 17.5. The van der Waals surface area contributed by atoms with Gasteiger partial charge in [0.05, 0.1) is 11.1 Å². The van der Waals surface area contributed by atoms with Crippen LogP contribution >= 0.6 is 0 Å². The van der Waals surface area contributed by atoms with Gasteiger partial charge in [0, 0.05) is 6.54 Å². The number of amides is 2. The summed E-state index contributed by atoms with van der Waals surface area (Å²) in [4.78, 5) is 26.5. The number of nitrogens with zero attached hydrogens (tertiary/aromatic N) is 1. The van der Waals surface area contributed by atoms with Crippen LogP contribution in [0.2, 0.25) is 0 Å². The molecule has 1 aliphatic rings. The van der Waals surface area contributed by atoms with E-state index in [0.29, 0.717) is 23.2 Å². The zero-order valence-corrected chi connectivity index (χ0v) is 18.5. The van der Waals surface area contributed by atoms with Crippen LogP contribution in [0.3, 0.4) is 0 Å². The van der Waals surface area contributed by atoms with E-state index in [9.17, 15) is 14.0 Å². The molecule has 2 amide bonds. The first-order valence-electron chi connectivity index (χ1n) is 10.00. The summed E-state index contributed by atoms with van der Waals surface area (Å²) in [5.41, 5.74) is 3.43. The third-order valence-corrected chi connectivity index (χ3v) is 5.23. The first-order valence-corrected chi connectivity index (χ1v) is 10.6. The fourth-order valence-electron chi connectivity index (χ4n) is 3.29. The average Bonchev–Trinajstić information content (AvgIpc) is 3.07. The van der Waals surface area contributed by atoms with Crippen LogP contribution in [0.15, 0.2) is 60.7 Å². The number of carbonyl (C=O) groups is 2. The maximum Gasteiger partial charge on any atom is 0.261 e. The molecular formula is C26H22FNNiO3-2. The molecule has 0 aliphatic carbocycles. The Hall–Kier alpha value is -3.11. The molecule has 4 rings (SSSR count). The van der Waals surface area contributed by atoms with E-state index < -0.39 is 0 Å². The SMILES string of the molecule is COc1ccc(-c2[c-]ccc(F)c2)c([CH]=[Ni])c1.[CH2-]CCCN1C(=O)c2ccccc2C1=O. The molecule has 4 nitrogen and oxygen atoms in total. The second-order valence-electron chi connectivity index (χ2n) is 6.98. The number of fused-ring (bicyclic) bond motifs is 1. The number of carbonyl (C=O) groups excluding carboxylic acids is 2. The predicted octanol–water partition coefficient (Wildman–Crippen LogP) is 4.90. The first kappa shape index (κ1) is 23.6. The number of methoxy groups -OCH3 is 1. The van der Waals surface area contributed by atoms with Gasteiger partial charge in [-0.1, -0.05) is 18.6 Å². The molecule has 0 atom stereocenters. The van der Waals surface area contributed by atoms with Crippen molar-refractivity contribution in [1.29, 1.82) is 0 Å². The summed E-state index contributed by atoms with van der Waals surface area (Å²) in [5, 5.41) is 0. The van der Waals surface area contributed by atoms with Gasteiger partial charge >= 0.3 is 107 Å². The second kappa shape index (κ2) is 11.0. The Bertz CT molecular complexity index is 1110. The summed E-state index contributed by atoms with van der Waals surface area (Å²) in [6, 6.07) is 19.8. The first-order chi connectivity index (χ1) is 15.5. The van der Waals surface area contributed by atoms with Crippen molar-refractivity contribution in [2.45, 2.75) is 12.8 Å². The fourth-order valence-corrected chi connectivity index (χ4v) is 3.53. The molecule has 0 spiro atoms. The molecule has 3 aromatic carbocycles. The van der Waals surface area contributed by atoms with Gasteiger partial charge in [0.2, 0.25) is 0 Å². The van der Waals surface area contributed by atoms with Gasteiger partial charge < -0.3 is 6.92 Å². The molecule has 0 unspecified atom stereocenters. The molecule has 0 saturated heterocycles. The second-order valence-corrected chi connectivity index (χ2v) is 7.26. The quantitative estimate of drug-likeness (QED) is 0.290. The van der Waals surface area contributed by atoms with E-state index in [4.69, 9.17) is 4.74 Å². The van der Waals surface area contributed by atoms with Crippen molar-refractivity contribution >= 4 is 16.8 Å². The van der Waals surface area contributed by atoms with Gasteiger partial charge in [0.15, 0.2) is 0 Å². The molecule has 0 bridgehead atoms. The van der Waals surface area contributed by atoms with Crippen LogP contribution in [0, 0.1) is 18.8 Å². The molecule has 0 fully saturated rings. The van der Waals surface area contributed by atoms with Crippen molar-refractivity contribution in [3.8, 4) is 16.9 Å². The van der Waals surface area contributed by atoms with Crippen molar-refractivity contribution in [2.75, 3.05) is 13.7 Å². The van der Waals surface area contributed by atoms with E-state index in [1.807, 2.05) is 18.2 Å².